The summed E-state index contributed by atoms with van der Waals surface area (Å²) in [6.45, 7) is 1.50. The second-order valence-corrected chi connectivity index (χ2v) is 5.01. The molecule has 0 bridgehead atoms. The van der Waals surface area contributed by atoms with Crippen molar-refractivity contribution in [2.45, 2.75) is 12.5 Å². The van der Waals surface area contributed by atoms with Crippen LogP contribution in [0.15, 0.2) is 30.5 Å². The van der Waals surface area contributed by atoms with Gasteiger partial charge in [0.15, 0.2) is 5.69 Å². The predicted octanol–water partition coefficient (Wildman–Crippen LogP) is 1.58. The highest BCUT2D eigenvalue weighted by atomic mass is 35.5. The molecule has 0 aliphatic carbocycles. The van der Waals surface area contributed by atoms with E-state index in [2.05, 4.69) is 37.6 Å². The molecule has 1 aromatic carbocycles. The molecule has 1 atom stereocenters. The Morgan fingerprint density at radius 2 is 2.30 bits per heavy atom. The fourth-order valence-corrected chi connectivity index (χ4v) is 2.74. The highest BCUT2D eigenvalue weighted by Crippen LogP contribution is 2.21. The number of nitrogens with one attached hydrogen (secondary N) is 2. The lowest BCUT2D eigenvalue weighted by atomic mass is 9.94. The molecule has 20 heavy (non-hydrogen) atoms. The van der Waals surface area contributed by atoms with Crippen LogP contribution in [0.4, 0.5) is 0 Å². The molecule has 7 heteroatoms. The van der Waals surface area contributed by atoms with E-state index >= 15 is 0 Å². The van der Waals surface area contributed by atoms with Crippen LogP contribution in [0.2, 0.25) is 0 Å². The SMILES string of the molecule is Cl.O=C(NCC1NCCc2ccccc21)c1cnsn1. The molecule has 1 amide bonds. The monoisotopic (exact) mass is 310 g/mol. The Balaban J connectivity index is 0.00000147. The first-order valence-corrected chi connectivity index (χ1v) is 6.94. The van der Waals surface area contributed by atoms with Gasteiger partial charge in [0.25, 0.3) is 5.91 Å². The van der Waals surface area contributed by atoms with Crippen molar-refractivity contribution in [1.29, 1.82) is 0 Å². The minimum Gasteiger partial charge on any atom is -0.349 e. The molecule has 0 fully saturated rings. The van der Waals surface area contributed by atoms with Gasteiger partial charge in [0.2, 0.25) is 0 Å². The second-order valence-electron chi connectivity index (χ2n) is 4.46. The van der Waals surface area contributed by atoms with Gasteiger partial charge >= 0.3 is 0 Å². The maximum atomic E-state index is 11.8. The smallest absolute Gasteiger partial charge is 0.272 e. The van der Waals surface area contributed by atoms with Crippen LogP contribution in [0, 0.1) is 0 Å². The van der Waals surface area contributed by atoms with Crippen LogP contribution in [-0.4, -0.2) is 27.7 Å². The molecule has 0 spiro atoms. The number of fused-ring (bicyclic) bond motifs is 1. The molecule has 3 rings (SSSR count). The molecular formula is C13H15ClN4OS. The van der Waals surface area contributed by atoms with E-state index in [0.717, 1.165) is 24.7 Å². The summed E-state index contributed by atoms with van der Waals surface area (Å²) >= 11 is 1.04. The van der Waals surface area contributed by atoms with E-state index in [-0.39, 0.29) is 24.4 Å². The number of benzene rings is 1. The Morgan fingerprint density at radius 1 is 1.45 bits per heavy atom. The topological polar surface area (TPSA) is 66.9 Å². The maximum Gasteiger partial charge on any atom is 0.272 e. The van der Waals surface area contributed by atoms with Gasteiger partial charge in [-0.25, -0.2) is 0 Å². The van der Waals surface area contributed by atoms with Gasteiger partial charge in [0, 0.05) is 12.6 Å². The van der Waals surface area contributed by atoms with Crippen molar-refractivity contribution in [1.82, 2.24) is 19.4 Å². The number of carbonyl (C=O) groups excluding carboxylic acids is 1. The zero-order valence-corrected chi connectivity index (χ0v) is 12.3. The Morgan fingerprint density at radius 3 is 3.10 bits per heavy atom. The van der Waals surface area contributed by atoms with Gasteiger partial charge in [-0.3, -0.25) is 4.79 Å². The molecule has 0 radical (unpaired) electrons. The largest absolute Gasteiger partial charge is 0.349 e. The van der Waals surface area contributed by atoms with Crippen molar-refractivity contribution in [3.63, 3.8) is 0 Å². The summed E-state index contributed by atoms with van der Waals surface area (Å²) in [5, 5.41) is 6.33. The maximum absolute atomic E-state index is 11.8. The molecule has 1 aliphatic rings. The average Bonchev–Trinajstić information content (AvgIpc) is 2.99. The normalized spacial score (nSPS) is 16.9. The minimum atomic E-state index is -0.168. The first-order chi connectivity index (χ1) is 9.34. The van der Waals surface area contributed by atoms with Crippen LogP contribution in [0.3, 0.4) is 0 Å². The number of hydrogen-bond donors (Lipinski definition) is 2. The Labute approximate surface area is 127 Å². The molecule has 2 aromatic rings. The molecular weight excluding hydrogens is 296 g/mol. The molecule has 1 unspecified atom stereocenters. The average molecular weight is 311 g/mol. The van der Waals surface area contributed by atoms with Crippen molar-refractivity contribution >= 4 is 30.0 Å². The summed E-state index contributed by atoms with van der Waals surface area (Å²) in [5.41, 5.74) is 3.01. The summed E-state index contributed by atoms with van der Waals surface area (Å²) in [6, 6.07) is 8.52. The minimum absolute atomic E-state index is 0. The predicted molar refractivity (Wildman–Crippen MR) is 80.4 cm³/mol. The van der Waals surface area contributed by atoms with Crippen molar-refractivity contribution in [2.75, 3.05) is 13.1 Å². The van der Waals surface area contributed by atoms with Crippen molar-refractivity contribution < 1.29 is 4.79 Å². The fraction of sp³-hybridized carbons (Fsp3) is 0.308. The van der Waals surface area contributed by atoms with Crippen molar-refractivity contribution in [3.8, 4) is 0 Å². The Kier molecular flexibility index (Phi) is 5.05. The molecule has 1 aliphatic heterocycles. The third-order valence-electron chi connectivity index (χ3n) is 3.28. The number of nitrogens with zero attached hydrogens (tertiary/aromatic N) is 2. The highest BCUT2D eigenvalue weighted by Gasteiger charge is 2.20. The lowest BCUT2D eigenvalue weighted by Gasteiger charge is -2.27. The van der Waals surface area contributed by atoms with Crippen LogP contribution in [-0.2, 0) is 6.42 Å². The molecule has 2 heterocycles. The number of halogens is 1. The lowest BCUT2D eigenvalue weighted by Crippen LogP contribution is -2.38. The summed E-state index contributed by atoms with van der Waals surface area (Å²) in [6.07, 6.45) is 2.53. The summed E-state index contributed by atoms with van der Waals surface area (Å²) in [7, 11) is 0. The van der Waals surface area contributed by atoms with E-state index in [1.165, 1.54) is 17.3 Å². The number of amides is 1. The van der Waals surface area contributed by atoms with E-state index < -0.39 is 0 Å². The van der Waals surface area contributed by atoms with Gasteiger partial charge in [-0.2, -0.15) is 8.75 Å². The first-order valence-electron chi connectivity index (χ1n) is 6.21. The molecule has 5 nitrogen and oxygen atoms in total. The van der Waals surface area contributed by atoms with Crippen molar-refractivity contribution in [3.05, 3.63) is 47.3 Å². The van der Waals surface area contributed by atoms with Gasteiger partial charge in [-0.05, 0) is 24.1 Å². The third kappa shape index (κ3) is 3.15. The number of rotatable bonds is 3. The molecule has 0 saturated heterocycles. The van der Waals surface area contributed by atoms with Crippen LogP contribution in [0.5, 0.6) is 0 Å². The first kappa shape index (κ1) is 14.9. The number of carbonyl (C=O) groups is 1. The van der Waals surface area contributed by atoms with Gasteiger partial charge in [0.1, 0.15) is 0 Å². The third-order valence-corrected chi connectivity index (χ3v) is 3.75. The standard InChI is InChI=1S/C13H14N4OS.ClH/c18-13(12-8-16-19-17-12)15-7-11-10-4-2-1-3-9(10)5-6-14-11;/h1-4,8,11,14H,5-7H2,(H,15,18);1H. The summed E-state index contributed by atoms with van der Waals surface area (Å²) in [5.74, 6) is -0.168. The second kappa shape index (κ2) is 6.78. The van der Waals surface area contributed by atoms with Crippen LogP contribution in [0.1, 0.15) is 27.7 Å². The number of hydrogen-bond acceptors (Lipinski definition) is 5. The fourth-order valence-electron chi connectivity index (χ4n) is 2.32. The summed E-state index contributed by atoms with van der Waals surface area (Å²) < 4.78 is 7.75. The van der Waals surface area contributed by atoms with E-state index in [1.807, 2.05) is 6.07 Å². The van der Waals surface area contributed by atoms with E-state index in [9.17, 15) is 4.79 Å². The molecule has 106 valence electrons. The van der Waals surface area contributed by atoms with Gasteiger partial charge in [-0.1, -0.05) is 24.3 Å². The van der Waals surface area contributed by atoms with Gasteiger partial charge in [0.05, 0.1) is 17.9 Å². The molecule has 2 N–H and O–H groups in total. The zero-order valence-electron chi connectivity index (χ0n) is 10.7. The molecule has 0 saturated carbocycles. The quantitative estimate of drug-likeness (QED) is 0.903. The zero-order chi connectivity index (χ0) is 13.1. The lowest BCUT2D eigenvalue weighted by molar-refractivity contribution is 0.0945. The summed E-state index contributed by atoms with van der Waals surface area (Å²) in [4.78, 5) is 11.8. The van der Waals surface area contributed by atoms with Crippen LogP contribution in [0.25, 0.3) is 0 Å². The van der Waals surface area contributed by atoms with Gasteiger partial charge < -0.3 is 10.6 Å². The molecule has 1 aromatic heterocycles. The van der Waals surface area contributed by atoms with E-state index in [0.29, 0.717) is 12.2 Å². The van der Waals surface area contributed by atoms with E-state index in [1.54, 1.807) is 0 Å². The van der Waals surface area contributed by atoms with Crippen LogP contribution >= 0.6 is 24.1 Å². The van der Waals surface area contributed by atoms with E-state index in [4.69, 9.17) is 0 Å². The van der Waals surface area contributed by atoms with Crippen LogP contribution < -0.4 is 10.6 Å². The Hall–Kier alpha value is -1.50. The number of aromatic nitrogens is 2. The van der Waals surface area contributed by atoms with Gasteiger partial charge in [-0.15, -0.1) is 12.4 Å². The Bertz CT molecular complexity index is 576. The highest BCUT2D eigenvalue weighted by molar-refractivity contribution is 6.99. The van der Waals surface area contributed by atoms with Crippen molar-refractivity contribution in [2.24, 2.45) is 0 Å².